The van der Waals surface area contributed by atoms with Crippen LogP contribution in [-0.4, -0.2) is 42.7 Å². The molecule has 7 nitrogen and oxygen atoms in total. The lowest BCUT2D eigenvalue weighted by molar-refractivity contribution is -0.140. The molecule has 3 rings (SSSR count). The number of amides is 2. The summed E-state index contributed by atoms with van der Waals surface area (Å²) in [4.78, 5) is 53.2. The van der Waals surface area contributed by atoms with Gasteiger partial charge in [-0.3, -0.25) is 14.4 Å². The van der Waals surface area contributed by atoms with Crippen molar-refractivity contribution in [2.75, 3.05) is 23.9 Å². The SMILES string of the molecule is CCCCOC(=O)CSc1cc(N(C(=O)C2=C(C(=O)OCC)CCCC2)C(=O)c2cccc(F)c2)c(F)cc1Cl. The summed E-state index contributed by atoms with van der Waals surface area (Å²) in [6.45, 7) is 3.94. The summed E-state index contributed by atoms with van der Waals surface area (Å²) in [6, 6.07) is 6.76. The number of thioether (sulfide) groups is 1. The summed E-state index contributed by atoms with van der Waals surface area (Å²) in [6.07, 6.45) is 3.18. The van der Waals surface area contributed by atoms with Gasteiger partial charge in [0, 0.05) is 21.6 Å². The smallest absolute Gasteiger partial charge is 0.334 e. The summed E-state index contributed by atoms with van der Waals surface area (Å²) in [5.74, 6) is -4.97. The van der Waals surface area contributed by atoms with E-state index < -0.39 is 41.1 Å². The zero-order chi connectivity index (χ0) is 29.2. The summed E-state index contributed by atoms with van der Waals surface area (Å²) in [5, 5.41) is -0.0395. The number of hydrogen-bond donors (Lipinski definition) is 0. The van der Waals surface area contributed by atoms with Gasteiger partial charge in [0.05, 0.1) is 29.7 Å². The first-order valence-corrected chi connectivity index (χ1v) is 14.3. The molecule has 0 aromatic heterocycles. The Balaban J connectivity index is 2.07. The van der Waals surface area contributed by atoms with E-state index in [0.29, 0.717) is 24.2 Å². The standard InChI is InChI=1S/C29H30ClF2NO6S/c1-3-5-13-39-26(34)17-40-25-16-24(23(32)15-22(25)30)33(27(35)18-9-8-10-19(31)14-18)28(36)20-11-6-7-12-21(20)29(37)38-4-2/h8-10,14-16H,3-7,11-13,17H2,1-2H3. The van der Waals surface area contributed by atoms with Crippen LogP contribution in [0.3, 0.4) is 0 Å². The maximum Gasteiger partial charge on any atom is 0.334 e. The van der Waals surface area contributed by atoms with E-state index in [-0.39, 0.29) is 58.4 Å². The zero-order valence-corrected chi connectivity index (χ0v) is 23.8. The average molecular weight is 594 g/mol. The third-order valence-electron chi connectivity index (χ3n) is 6.07. The molecule has 2 amide bonds. The van der Waals surface area contributed by atoms with Gasteiger partial charge in [-0.2, -0.15) is 0 Å². The minimum Gasteiger partial charge on any atom is -0.465 e. The molecule has 0 aliphatic heterocycles. The lowest BCUT2D eigenvalue weighted by Gasteiger charge is -2.26. The molecule has 1 aliphatic carbocycles. The van der Waals surface area contributed by atoms with Crippen molar-refractivity contribution < 1.29 is 37.4 Å². The fraction of sp³-hybridized carbons (Fsp3) is 0.379. The van der Waals surface area contributed by atoms with E-state index in [1.165, 1.54) is 18.2 Å². The third kappa shape index (κ3) is 7.91. The number of benzene rings is 2. The zero-order valence-electron chi connectivity index (χ0n) is 22.3. The van der Waals surface area contributed by atoms with Gasteiger partial charge >= 0.3 is 11.9 Å². The largest absolute Gasteiger partial charge is 0.465 e. The summed E-state index contributed by atoms with van der Waals surface area (Å²) in [7, 11) is 0. The average Bonchev–Trinajstić information content (AvgIpc) is 2.93. The van der Waals surface area contributed by atoms with E-state index in [0.717, 1.165) is 36.4 Å². The molecule has 1 aliphatic rings. The van der Waals surface area contributed by atoms with Crippen molar-refractivity contribution in [1.82, 2.24) is 0 Å². The molecule has 2 aromatic rings. The van der Waals surface area contributed by atoms with Crippen molar-refractivity contribution >= 4 is 52.8 Å². The van der Waals surface area contributed by atoms with Crippen LogP contribution in [0, 0.1) is 11.6 Å². The Morgan fingerprint density at radius 2 is 1.70 bits per heavy atom. The van der Waals surface area contributed by atoms with Gasteiger partial charge in [0.1, 0.15) is 11.6 Å². The number of nitrogens with zero attached hydrogens (tertiary/aromatic N) is 1. The lowest BCUT2D eigenvalue weighted by Crippen LogP contribution is -2.40. The molecule has 0 spiro atoms. The molecule has 214 valence electrons. The highest BCUT2D eigenvalue weighted by Crippen LogP contribution is 2.36. The number of unbranched alkanes of at least 4 members (excludes halogenated alkanes) is 1. The number of halogens is 3. The van der Waals surface area contributed by atoms with E-state index in [2.05, 4.69) is 0 Å². The normalized spacial score (nSPS) is 13.1. The van der Waals surface area contributed by atoms with E-state index >= 15 is 4.39 Å². The second-order valence-corrected chi connectivity index (χ2v) is 10.4. The Morgan fingerprint density at radius 1 is 0.975 bits per heavy atom. The first-order chi connectivity index (χ1) is 19.2. The fourth-order valence-electron chi connectivity index (χ4n) is 4.09. The number of ether oxygens (including phenoxy) is 2. The molecule has 2 aromatic carbocycles. The number of hydrogen-bond acceptors (Lipinski definition) is 7. The molecule has 0 heterocycles. The molecule has 0 N–H and O–H groups in total. The maximum atomic E-state index is 15.4. The van der Waals surface area contributed by atoms with Crippen LogP contribution in [0.25, 0.3) is 0 Å². The van der Waals surface area contributed by atoms with Crippen LogP contribution in [0.4, 0.5) is 14.5 Å². The van der Waals surface area contributed by atoms with Crippen LogP contribution in [-0.2, 0) is 23.9 Å². The monoisotopic (exact) mass is 593 g/mol. The van der Waals surface area contributed by atoms with E-state index in [9.17, 15) is 23.6 Å². The highest BCUT2D eigenvalue weighted by molar-refractivity contribution is 8.00. The van der Waals surface area contributed by atoms with Gasteiger partial charge in [-0.25, -0.2) is 18.5 Å². The Hall–Kier alpha value is -3.24. The lowest BCUT2D eigenvalue weighted by atomic mass is 9.90. The number of anilines is 1. The molecule has 11 heteroatoms. The Labute approximate surface area is 240 Å². The van der Waals surface area contributed by atoms with E-state index in [4.69, 9.17) is 21.1 Å². The topological polar surface area (TPSA) is 90.0 Å². The molecule has 0 unspecified atom stereocenters. The summed E-state index contributed by atoms with van der Waals surface area (Å²) >= 11 is 7.19. The van der Waals surface area contributed by atoms with Gasteiger partial charge in [0.15, 0.2) is 0 Å². The van der Waals surface area contributed by atoms with E-state index in [1.807, 2.05) is 6.92 Å². The van der Waals surface area contributed by atoms with Crippen molar-refractivity contribution in [3.8, 4) is 0 Å². The number of esters is 2. The van der Waals surface area contributed by atoms with Crippen molar-refractivity contribution in [2.24, 2.45) is 0 Å². The van der Waals surface area contributed by atoms with Crippen LogP contribution in [0.2, 0.25) is 5.02 Å². The molecule has 0 radical (unpaired) electrons. The molecule has 0 saturated heterocycles. The minimum atomic E-state index is -0.998. The minimum absolute atomic E-state index is 0.0255. The molecule has 40 heavy (non-hydrogen) atoms. The maximum absolute atomic E-state index is 15.4. The first-order valence-electron chi connectivity index (χ1n) is 13.0. The van der Waals surface area contributed by atoms with Crippen molar-refractivity contribution in [3.05, 3.63) is 69.8 Å². The van der Waals surface area contributed by atoms with Gasteiger partial charge in [0.25, 0.3) is 11.8 Å². The molecule has 0 fully saturated rings. The number of carbonyl (C=O) groups is 4. The van der Waals surface area contributed by atoms with E-state index in [1.54, 1.807) is 6.92 Å². The van der Waals surface area contributed by atoms with Gasteiger partial charge in [-0.15, -0.1) is 11.8 Å². The van der Waals surface area contributed by atoms with Gasteiger partial charge in [0.2, 0.25) is 0 Å². The van der Waals surface area contributed by atoms with Crippen LogP contribution < -0.4 is 4.90 Å². The summed E-state index contributed by atoms with van der Waals surface area (Å²) in [5.41, 5.74) is -0.510. The van der Waals surface area contributed by atoms with Crippen LogP contribution >= 0.6 is 23.4 Å². The Kier molecular flexibility index (Phi) is 11.7. The van der Waals surface area contributed by atoms with Crippen molar-refractivity contribution in [3.63, 3.8) is 0 Å². The highest BCUT2D eigenvalue weighted by Gasteiger charge is 2.34. The fourth-order valence-corrected chi connectivity index (χ4v) is 5.15. The van der Waals surface area contributed by atoms with Crippen LogP contribution in [0.5, 0.6) is 0 Å². The molecular weight excluding hydrogens is 564 g/mol. The number of rotatable bonds is 11. The summed E-state index contributed by atoms with van der Waals surface area (Å²) < 4.78 is 39.7. The predicted molar refractivity (Wildman–Crippen MR) is 148 cm³/mol. The molecule has 0 atom stereocenters. The third-order valence-corrected chi connectivity index (χ3v) is 7.53. The van der Waals surface area contributed by atoms with Crippen molar-refractivity contribution in [2.45, 2.75) is 57.3 Å². The second-order valence-electron chi connectivity index (χ2n) is 8.94. The van der Waals surface area contributed by atoms with Gasteiger partial charge in [-0.1, -0.05) is 31.0 Å². The van der Waals surface area contributed by atoms with Crippen molar-refractivity contribution in [1.29, 1.82) is 0 Å². The number of carbonyl (C=O) groups excluding carboxylic acids is 4. The van der Waals surface area contributed by atoms with Gasteiger partial charge < -0.3 is 9.47 Å². The molecule has 0 saturated carbocycles. The Morgan fingerprint density at radius 3 is 2.38 bits per heavy atom. The van der Waals surface area contributed by atoms with Crippen LogP contribution in [0.1, 0.15) is 62.7 Å². The predicted octanol–water partition coefficient (Wildman–Crippen LogP) is 6.66. The number of imide groups is 1. The Bertz CT molecular complexity index is 1320. The molecule has 0 bridgehead atoms. The quantitative estimate of drug-likeness (QED) is 0.124. The van der Waals surface area contributed by atoms with Gasteiger partial charge in [-0.05, 0) is 69.4 Å². The molecular formula is C29H30ClF2NO6S. The highest BCUT2D eigenvalue weighted by atomic mass is 35.5. The van der Waals surface area contributed by atoms with Crippen LogP contribution in [0.15, 0.2) is 52.4 Å². The first kappa shape index (κ1) is 31.3. The second kappa shape index (κ2) is 14.9.